The van der Waals surface area contributed by atoms with Gasteiger partial charge in [-0.2, -0.15) is 0 Å². The van der Waals surface area contributed by atoms with Crippen LogP contribution in [0.5, 0.6) is 0 Å². The highest BCUT2D eigenvalue weighted by Crippen LogP contribution is 2.24. The molecule has 0 aliphatic rings. The van der Waals surface area contributed by atoms with Gasteiger partial charge in [0.15, 0.2) is 0 Å². The molecule has 0 fully saturated rings. The van der Waals surface area contributed by atoms with Crippen LogP contribution < -0.4 is 5.32 Å². The number of aromatic nitrogens is 2. The lowest BCUT2D eigenvalue weighted by atomic mass is 10.3. The van der Waals surface area contributed by atoms with Crippen molar-refractivity contribution in [3.05, 3.63) is 29.4 Å². The third kappa shape index (κ3) is 2.33. The third-order valence-corrected chi connectivity index (χ3v) is 2.93. The van der Waals surface area contributed by atoms with Gasteiger partial charge in [-0.25, -0.2) is 9.97 Å². The molecule has 0 bridgehead atoms. The molecule has 78 valence electrons. The van der Waals surface area contributed by atoms with Gasteiger partial charge in [0.05, 0.1) is 10.2 Å². The summed E-state index contributed by atoms with van der Waals surface area (Å²) in [5, 5.41) is 5.32. The van der Waals surface area contributed by atoms with E-state index in [1.165, 1.54) is 5.57 Å². The summed E-state index contributed by atoms with van der Waals surface area (Å²) >= 11 is 1.66. The largest absolute Gasteiger partial charge is 0.365 e. The SMILES string of the molecule is CC(C)=CCNc1ncnc2ccsc12. The zero-order valence-electron chi connectivity index (χ0n) is 8.82. The molecular formula is C11H13N3S. The fourth-order valence-corrected chi connectivity index (χ4v) is 2.08. The summed E-state index contributed by atoms with van der Waals surface area (Å²) in [7, 11) is 0. The maximum absolute atomic E-state index is 4.23. The van der Waals surface area contributed by atoms with E-state index < -0.39 is 0 Å². The molecule has 0 spiro atoms. The Morgan fingerprint density at radius 2 is 2.33 bits per heavy atom. The molecule has 2 heterocycles. The fourth-order valence-electron chi connectivity index (χ4n) is 1.27. The maximum atomic E-state index is 4.23. The van der Waals surface area contributed by atoms with Gasteiger partial charge in [0, 0.05) is 6.54 Å². The van der Waals surface area contributed by atoms with Crippen molar-refractivity contribution in [1.82, 2.24) is 9.97 Å². The van der Waals surface area contributed by atoms with E-state index in [1.807, 2.05) is 11.4 Å². The number of nitrogens with zero attached hydrogens (tertiary/aromatic N) is 2. The lowest BCUT2D eigenvalue weighted by molar-refractivity contribution is 1.18. The van der Waals surface area contributed by atoms with Gasteiger partial charge in [-0.1, -0.05) is 11.6 Å². The summed E-state index contributed by atoms with van der Waals surface area (Å²) in [6.45, 7) is 4.98. The first kappa shape index (κ1) is 10.1. The van der Waals surface area contributed by atoms with Crippen LogP contribution in [0.4, 0.5) is 5.82 Å². The second-order valence-electron chi connectivity index (χ2n) is 3.52. The summed E-state index contributed by atoms with van der Waals surface area (Å²) in [6, 6.07) is 2.01. The molecule has 0 unspecified atom stereocenters. The molecule has 3 nitrogen and oxygen atoms in total. The van der Waals surface area contributed by atoms with E-state index in [0.29, 0.717) is 0 Å². The molecule has 0 aliphatic heterocycles. The molecule has 2 aromatic heterocycles. The fraction of sp³-hybridized carbons (Fsp3) is 0.273. The number of thiophene rings is 1. The number of rotatable bonds is 3. The Labute approximate surface area is 92.9 Å². The normalized spacial score (nSPS) is 10.3. The topological polar surface area (TPSA) is 37.8 Å². The van der Waals surface area contributed by atoms with Crippen LogP contribution in [0.1, 0.15) is 13.8 Å². The Morgan fingerprint density at radius 3 is 3.13 bits per heavy atom. The Hall–Kier alpha value is -1.42. The molecule has 0 saturated heterocycles. The molecule has 0 atom stereocenters. The van der Waals surface area contributed by atoms with Crippen LogP contribution in [0.3, 0.4) is 0 Å². The predicted molar refractivity (Wildman–Crippen MR) is 65.3 cm³/mol. The Morgan fingerprint density at radius 1 is 1.47 bits per heavy atom. The monoisotopic (exact) mass is 219 g/mol. The van der Waals surface area contributed by atoms with E-state index in [2.05, 4.69) is 35.2 Å². The smallest absolute Gasteiger partial charge is 0.147 e. The second-order valence-corrected chi connectivity index (χ2v) is 4.44. The first-order valence-corrected chi connectivity index (χ1v) is 5.71. The number of anilines is 1. The highest BCUT2D eigenvalue weighted by Gasteiger charge is 2.02. The van der Waals surface area contributed by atoms with Gasteiger partial charge >= 0.3 is 0 Å². The molecule has 1 N–H and O–H groups in total. The van der Waals surface area contributed by atoms with Gasteiger partial charge in [-0.05, 0) is 25.3 Å². The van der Waals surface area contributed by atoms with Crippen molar-refractivity contribution in [1.29, 1.82) is 0 Å². The highest BCUT2D eigenvalue weighted by atomic mass is 32.1. The van der Waals surface area contributed by atoms with Crippen molar-refractivity contribution in [3.63, 3.8) is 0 Å². The van der Waals surface area contributed by atoms with E-state index in [9.17, 15) is 0 Å². The van der Waals surface area contributed by atoms with Crippen molar-refractivity contribution < 1.29 is 0 Å². The average Bonchev–Trinajstić information content (AvgIpc) is 2.65. The maximum Gasteiger partial charge on any atom is 0.147 e. The van der Waals surface area contributed by atoms with Crippen LogP contribution in [-0.2, 0) is 0 Å². The van der Waals surface area contributed by atoms with Crippen LogP contribution in [0.2, 0.25) is 0 Å². The first-order valence-electron chi connectivity index (χ1n) is 4.83. The van der Waals surface area contributed by atoms with Crippen molar-refractivity contribution in [2.45, 2.75) is 13.8 Å². The van der Waals surface area contributed by atoms with E-state index in [-0.39, 0.29) is 0 Å². The van der Waals surface area contributed by atoms with E-state index >= 15 is 0 Å². The van der Waals surface area contributed by atoms with Gasteiger partial charge in [-0.15, -0.1) is 11.3 Å². The molecule has 0 amide bonds. The van der Waals surface area contributed by atoms with E-state index in [0.717, 1.165) is 22.6 Å². The van der Waals surface area contributed by atoms with Gasteiger partial charge < -0.3 is 5.32 Å². The van der Waals surface area contributed by atoms with Gasteiger partial charge in [0.2, 0.25) is 0 Å². The summed E-state index contributed by atoms with van der Waals surface area (Å²) in [6.07, 6.45) is 3.74. The van der Waals surface area contributed by atoms with Crippen molar-refractivity contribution in [2.75, 3.05) is 11.9 Å². The minimum atomic E-state index is 0.812. The van der Waals surface area contributed by atoms with Crippen LogP contribution in [-0.4, -0.2) is 16.5 Å². The predicted octanol–water partition coefficient (Wildman–Crippen LogP) is 3.07. The van der Waals surface area contributed by atoms with Crippen LogP contribution in [0, 0.1) is 0 Å². The van der Waals surface area contributed by atoms with E-state index in [1.54, 1.807) is 17.7 Å². The molecular weight excluding hydrogens is 206 g/mol. The Bertz CT molecular complexity index is 483. The number of nitrogens with one attached hydrogen (secondary N) is 1. The summed E-state index contributed by atoms with van der Waals surface area (Å²) in [4.78, 5) is 8.42. The standard InChI is InChI=1S/C11H13N3S/c1-8(2)3-5-12-11-10-9(4-6-15-10)13-7-14-11/h3-4,6-7H,5H2,1-2H3,(H,12,13,14). The number of allylic oxidation sites excluding steroid dienone is 1. The molecule has 0 aliphatic carbocycles. The van der Waals surface area contributed by atoms with Crippen molar-refractivity contribution in [2.24, 2.45) is 0 Å². The average molecular weight is 219 g/mol. The molecule has 4 heteroatoms. The molecule has 2 aromatic rings. The Kier molecular flexibility index (Phi) is 2.97. The molecule has 0 radical (unpaired) electrons. The van der Waals surface area contributed by atoms with E-state index in [4.69, 9.17) is 0 Å². The van der Waals surface area contributed by atoms with Crippen LogP contribution in [0.25, 0.3) is 10.2 Å². The molecule has 2 rings (SSSR count). The Balaban J connectivity index is 2.20. The summed E-state index contributed by atoms with van der Waals surface area (Å²) in [5.41, 5.74) is 2.31. The van der Waals surface area contributed by atoms with Gasteiger partial charge in [-0.3, -0.25) is 0 Å². The van der Waals surface area contributed by atoms with Crippen molar-refractivity contribution >= 4 is 27.4 Å². The zero-order valence-corrected chi connectivity index (χ0v) is 9.64. The highest BCUT2D eigenvalue weighted by molar-refractivity contribution is 7.17. The summed E-state index contributed by atoms with van der Waals surface area (Å²) in [5.74, 6) is 0.924. The third-order valence-electron chi connectivity index (χ3n) is 2.02. The zero-order chi connectivity index (χ0) is 10.7. The summed E-state index contributed by atoms with van der Waals surface area (Å²) < 4.78 is 1.12. The minimum Gasteiger partial charge on any atom is -0.365 e. The second kappa shape index (κ2) is 4.40. The van der Waals surface area contributed by atoms with Crippen LogP contribution in [0.15, 0.2) is 29.4 Å². The van der Waals surface area contributed by atoms with Crippen LogP contribution >= 0.6 is 11.3 Å². The van der Waals surface area contributed by atoms with Gasteiger partial charge in [0.25, 0.3) is 0 Å². The minimum absolute atomic E-state index is 0.812. The molecule has 0 aromatic carbocycles. The number of hydrogen-bond donors (Lipinski definition) is 1. The number of fused-ring (bicyclic) bond motifs is 1. The number of hydrogen-bond acceptors (Lipinski definition) is 4. The quantitative estimate of drug-likeness (QED) is 0.806. The molecule has 0 saturated carbocycles. The molecule has 15 heavy (non-hydrogen) atoms. The lowest BCUT2D eigenvalue weighted by Gasteiger charge is -2.02. The first-order chi connectivity index (χ1) is 7.27. The lowest BCUT2D eigenvalue weighted by Crippen LogP contribution is -2.01. The van der Waals surface area contributed by atoms with Crippen molar-refractivity contribution in [3.8, 4) is 0 Å². The van der Waals surface area contributed by atoms with Gasteiger partial charge in [0.1, 0.15) is 12.1 Å².